The first kappa shape index (κ1) is 16.1. The van der Waals surface area contributed by atoms with Crippen LogP contribution in [0.25, 0.3) is 0 Å². The maximum absolute atomic E-state index is 12.5. The lowest BCUT2D eigenvalue weighted by molar-refractivity contribution is -0.137. The molecule has 7 heteroatoms. The normalized spacial score (nSPS) is 24.4. The minimum absolute atomic E-state index is 0.0873. The zero-order valence-corrected chi connectivity index (χ0v) is 12.6. The van der Waals surface area contributed by atoms with E-state index in [0.717, 1.165) is 31.6 Å². The van der Waals surface area contributed by atoms with Gasteiger partial charge in [0.25, 0.3) is 5.91 Å². The molecule has 0 aromatic heterocycles. The molecule has 1 spiro atoms. The topological polar surface area (TPSA) is 38.8 Å². The summed E-state index contributed by atoms with van der Waals surface area (Å²) in [6.45, 7) is 2.61. The van der Waals surface area contributed by atoms with Crippen LogP contribution in [0.15, 0.2) is 24.3 Å². The molecular weight excluding hydrogens is 311 g/mol. The van der Waals surface area contributed by atoms with Crippen molar-refractivity contribution in [2.24, 2.45) is 5.41 Å². The lowest BCUT2D eigenvalue weighted by Crippen LogP contribution is -2.35. The fourth-order valence-corrected chi connectivity index (χ4v) is 3.10. The fraction of sp³-hybridized carbons (Fsp3) is 0.562. The molecule has 0 aliphatic carbocycles. The number of nitrogens with zero attached hydrogens (tertiary/aromatic N) is 1. The Morgan fingerprint density at radius 3 is 2.61 bits per heavy atom. The molecule has 2 fully saturated rings. The van der Waals surface area contributed by atoms with Crippen LogP contribution in [0.5, 0.6) is 5.75 Å². The molecule has 2 saturated heterocycles. The lowest BCUT2D eigenvalue weighted by atomic mass is 9.87. The highest BCUT2D eigenvalue weighted by Crippen LogP contribution is 2.38. The third-order valence-corrected chi connectivity index (χ3v) is 4.52. The molecule has 4 nitrogen and oxygen atoms in total. The van der Waals surface area contributed by atoms with Gasteiger partial charge in [-0.05, 0) is 37.1 Å². The number of carbonyl (C=O) groups is 1. The molecule has 3 rings (SSSR count). The number of hydrogen-bond donors (Lipinski definition) is 0. The van der Waals surface area contributed by atoms with Gasteiger partial charge in [-0.15, -0.1) is 0 Å². The minimum atomic E-state index is -4.37. The van der Waals surface area contributed by atoms with Crippen molar-refractivity contribution in [3.8, 4) is 5.75 Å². The van der Waals surface area contributed by atoms with Crippen LogP contribution in [0, 0.1) is 5.41 Å². The first-order chi connectivity index (χ1) is 10.9. The molecule has 1 aromatic rings. The van der Waals surface area contributed by atoms with E-state index in [2.05, 4.69) is 0 Å². The summed E-state index contributed by atoms with van der Waals surface area (Å²) in [7, 11) is 0. The van der Waals surface area contributed by atoms with Gasteiger partial charge in [-0.1, -0.05) is 0 Å². The number of alkyl halides is 3. The number of benzene rings is 1. The highest BCUT2D eigenvalue weighted by molar-refractivity contribution is 5.78. The molecule has 0 saturated carbocycles. The van der Waals surface area contributed by atoms with E-state index in [4.69, 9.17) is 9.47 Å². The zero-order chi connectivity index (χ0) is 16.5. The van der Waals surface area contributed by atoms with Crippen molar-refractivity contribution in [2.75, 3.05) is 32.9 Å². The van der Waals surface area contributed by atoms with E-state index >= 15 is 0 Å². The fourth-order valence-electron chi connectivity index (χ4n) is 3.10. The van der Waals surface area contributed by atoms with Gasteiger partial charge in [0.1, 0.15) is 5.75 Å². The van der Waals surface area contributed by atoms with Gasteiger partial charge in [-0.25, -0.2) is 0 Å². The number of hydrogen-bond acceptors (Lipinski definition) is 3. The number of likely N-dealkylation sites (tertiary alicyclic amines) is 1. The number of carbonyl (C=O) groups excluding carboxylic acids is 1. The van der Waals surface area contributed by atoms with Gasteiger partial charge >= 0.3 is 6.18 Å². The number of halogens is 3. The third-order valence-electron chi connectivity index (χ3n) is 4.52. The summed E-state index contributed by atoms with van der Waals surface area (Å²) in [4.78, 5) is 13.9. The molecule has 2 aliphatic rings. The quantitative estimate of drug-likeness (QED) is 0.856. The second kappa shape index (κ2) is 6.03. The summed E-state index contributed by atoms with van der Waals surface area (Å²) in [6.07, 6.45) is -2.48. The average molecular weight is 329 g/mol. The molecule has 2 aliphatic heterocycles. The molecule has 1 atom stereocenters. The van der Waals surface area contributed by atoms with Crippen LogP contribution < -0.4 is 4.74 Å². The van der Waals surface area contributed by atoms with Crippen LogP contribution in [0.1, 0.15) is 18.4 Å². The van der Waals surface area contributed by atoms with E-state index in [-0.39, 0.29) is 23.7 Å². The molecule has 126 valence electrons. The van der Waals surface area contributed by atoms with E-state index in [1.807, 2.05) is 0 Å². The summed E-state index contributed by atoms with van der Waals surface area (Å²) >= 11 is 0. The Bertz CT molecular complexity index is 565. The Labute approximate surface area is 132 Å². The minimum Gasteiger partial charge on any atom is -0.484 e. The molecule has 1 amide bonds. The summed E-state index contributed by atoms with van der Waals surface area (Å²) in [5, 5.41) is 0. The molecule has 1 aromatic carbocycles. The van der Waals surface area contributed by atoms with E-state index < -0.39 is 11.7 Å². The predicted molar refractivity (Wildman–Crippen MR) is 76.0 cm³/mol. The summed E-state index contributed by atoms with van der Waals surface area (Å²) in [5.41, 5.74) is -0.650. The molecule has 23 heavy (non-hydrogen) atoms. The van der Waals surface area contributed by atoms with Crippen molar-refractivity contribution in [1.29, 1.82) is 0 Å². The van der Waals surface area contributed by atoms with Gasteiger partial charge in [0, 0.05) is 25.1 Å². The third kappa shape index (κ3) is 3.60. The van der Waals surface area contributed by atoms with Crippen LogP contribution in [0.4, 0.5) is 13.2 Å². The number of ether oxygens (including phenoxy) is 2. The smallest absolute Gasteiger partial charge is 0.416 e. The molecule has 0 bridgehead atoms. The Balaban J connectivity index is 1.51. The van der Waals surface area contributed by atoms with Crippen molar-refractivity contribution in [2.45, 2.75) is 19.0 Å². The van der Waals surface area contributed by atoms with Gasteiger partial charge in [0.15, 0.2) is 6.61 Å². The van der Waals surface area contributed by atoms with Gasteiger partial charge in [-0.2, -0.15) is 13.2 Å². The summed E-state index contributed by atoms with van der Waals surface area (Å²) in [5.74, 6) is 0.109. The van der Waals surface area contributed by atoms with Crippen molar-refractivity contribution < 1.29 is 27.4 Å². The van der Waals surface area contributed by atoms with E-state index in [1.165, 1.54) is 12.1 Å². The maximum atomic E-state index is 12.5. The summed E-state index contributed by atoms with van der Waals surface area (Å²) in [6, 6.07) is 4.35. The van der Waals surface area contributed by atoms with Gasteiger partial charge in [-0.3, -0.25) is 4.79 Å². The lowest BCUT2D eigenvalue weighted by Gasteiger charge is -2.22. The van der Waals surface area contributed by atoms with Crippen LogP contribution in [0.2, 0.25) is 0 Å². The highest BCUT2D eigenvalue weighted by atomic mass is 19.4. The molecule has 0 radical (unpaired) electrons. The monoisotopic (exact) mass is 329 g/mol. The van der Waals surface area contributed by atoms with E-state index in [9.17, 15) is 18.0 Å². The Hall–Kier alpha value is -1.76. The standard InChI is InChI=1S/C16H18F3NO3/c17-16(18,19)12-1-3-13(4-2-12)23-9-14(21)20-7-5-15(10-20)6-8-22-11-15/h1-4H,5-11H2. The SMILES string of the molecule is O=C(COc1ccc(C(F)(F)F)cc1)N1CCC2(CCOC2)C1. The van der Waals surface area contributed by atoms with Crippen LogP contribution in [-0.2, 0) is 15.7 Å². The van der Waals surface area contributed by atoms with Gasteiger partial charge in [0.2, 0.25) is 0 Å². The van der Waals surface area contributed by atoms with E-state index in [0.29, 0.717) is 19.7 Å². The second-order valence-electron chi connectivity index (χ2n) is 6.18. The van der Waals surface area contributed by atoms with Crippen molar-refractivity contribution >= 4 is 5.91 Å². The average Bonchev–Trinajstić information content (AvgIpc) is 3.15. The Morgan fingerprint density at radius 2 is 2.00 bits per heavy atom. The number of amides is 1. The molecule has 1 unspecified atom stereocenters. The van der Waals surface area contributed by atoms with Gasteiger partial charge in [0.05, 0.1) is 12.2 Å². The Kier molecular flexibility index (Phi) is 4.23. The van der Waals surface area contributed by atoms with E-state index in [1.54, 1.807) is 4.90 Å². The largest absolute Gasteiger partial charge is 0.484 e. The second-order valence-corrected chi connectivity index (χ2v) is 6.18. The van der Waals surface area contributed by atoms with Crippen LogP contribution in [-0.4, -0.2) is 43.7 Å². The van der Waals surface area contributed by atoms with Gasteiger partial charge < -0.3 is 14.4 Å². The predicted octanol–water partition coefficient (Wildman–Crippen LogP) is 2.72. The first-order valence-electron chi connectivity index (χ1n) is 7.54. The molecule has 0 N–H and O–H groups in total. The Morgan fingerprint density at radius 1 is 1.26 bits per heavy atom. The highest BCUT2D eigenvalue weighted by Gasteiger charge is 2.42. The zero-order valence-electron chi connectivity index (χ0n) is 12.6. The number of rotatable bonds is 3. The van der Waals surface area contributed by atoms with Crippen molar-refractivity contribution in [3.63, 3.8) is 0 Å². The maximum Gasteiger partial charge on any atom is 0.416 e. The van der Waals surface area contributed by atoms with Crippen LogP contribution >= 0.6 is 0 Å². The molecular formula is C16H18F3NO3. The first-order valence-corrected chi connectivity index (χ1v) is 7.54. The van der Waals surface area contributed by atoms with Crippen molar-refractivity contribution in [3.05, 3.63) is 29.8 Å². The molecule has 2 heterocycles. The van der Waals surface area contributed by atoms with Crippen molar-refractivity contribution in [1.82, 2.24) is 4.90 Å². The van der Waals surface area contributed by atoms with Crippen LogP contribution in [0.3, 0.4) is 0 Å². The summed E-state index contributed by atoms with van der Waals surface area (Å²) < 4.78 is 48.1.